The van der Waals surface area contributed by atoms with Gasteiger partial charge < -0.3 is 44.5 Å². The molecule has 2 unspecified atom stereocenters. The Balaban J connectivity index is 1.55. The first-order valence-corrected chi connectivity index (χ1v) is 14.2. The van der Waals surface area contributed by atoms with Crippen molar-refractivity contribution in [2.24, 2.45) is 5.92 Å². The van der Waals surface area contributed by atoms with Crippen LogP contribution in [0, 0.1) is 5.92 Å². The van der Waals surface area contributed by atoms with Gasteiger partial charge in [0.15, 0.2) is 11.7 Å². The highest BCUT2D eigenvalue weighted by Crippen LogP contribution is 2.58. The Morgan fingerprint density at radius 2 is 2.03 bits per heavy atom. The summed E-state index contributed by atoms with van der Waals surface area (Å²) in [6, 6.07) is -0.413. The molecule has 37 heavy (non-hydrogen) atoms. The number of aromatic nitrogens is 4. The van der Waals surface area contributed by atoms with E-state index in [9.17, 15) is 29.1 Å². The molecular weight excluding hydrogens is 540 g/mol. The summed E-state index contributed by atoms with van der Waals surface area (Å²) in [7, 11) is -9.02. The van der Waals surface area contributed by atoms with Crippen LogP contribution in [0.2, 0.25) is 0 Å². The van der Waals surface area contributed by atoms with Crippen LogP contribution in [-0.4, -0.2) is 81.2 Å². The average molecular weight is 567 g/mol. The predicted molar refractivity (Wildman–Crippen MR) is 117 cm³/mol. The van der Waals surface area contributed by atoms with Crippen molar-refractivity contribution in [2.75, 3.05) is 32.9 Å². The topological polar surface area (TPSA) is 234 Å². The van der Waals surface area contributed by atoms with Crippen LogP contribution in [0.4, 0.5) is 5.82 Å². The number of methoxy groups -OCH3 is 1. The number of imidazole rings is 1. The van der Waals surface area contributed by atoms with Gasteiger partial charge in [0.2, 0.25) is 12.0 Å². The third kappa shape index (κ3) is 5.32. The Labute approximate surface area is 209 Å². The Hall–Kier alpha value is -1.59. The van der Waals surface area contributed by atoms with E-state index < -0.39 is 58.9 Å². The van der Waals surface area contributed by atoms with Gasteiger partial charge in [0.05, 0.1) is 19.3 Å². The Kier molecular flexibility index (Phi) is 7.43. The van der Waals surface area contributed by atoms with Gasteiger partial charge in [-0.15, -0.1) is 0 Å². The summed E-state index contributed by atoms with van der Waals surface area (Å²) >= 11 is 0. The highest BCUT2D eigenvalue weighted by Gasteiger charge is 2.47. The maximum atomic E-state index is 12.3. The van der Waals surface area contributed by atoms with Crippen LogP contribution in [-0.2, 0) is 36.7 Å². The summed E-state index contributed by atoms with van der Waals surface area (Å²) in [4.78, 5) is 30.9. The molecule has 6 rings (SSSR count). The summed E-state index contributed by atoms with van der Waals surface area (Å²) < 4.78 is 57.9. The van der Waals surface area contributed by atoms with Crippen LogP contribution >= 0.6 is 15.6 Å². The number of aliphatic hydroxyl groups excluding tert-OH is 2. The van der Waals surface area contributed by atoms with E-state index in [0.717, 1.165) is 0 Å². The lowest BCUT2D eigenvalue weighted by molar-refractivity contribution is -0.717. The fourth-order valence-electron chi connectivity index (χ4n) is 4.89. The van der Waals surface area contributed by atoms with Crippen molar-refractivity contribution in [2.45, 2.75) is 49.5 Å². The second-order valence-electron chi connectivity index (χ2n) is 9.01. The van der Waals surface area contributed by atoms with E-state index in [1.165, 1.54) is 24.3 Å². The van der Waals surface area contributed by atoms with E-state index in [1.807, 2.05) is 0 Å². The number of phosphoric acid groups is 2. The molecule has 0 aromatic carbocycles. The number of rotatable bonds is 3. The minimum Gasteiger partial charge on any atom is -0.756 e. The van der Waals surface area contributed by atoms with Crippen LogP contribution in [0.25, 0.3) is 11.2 Å². The van der Waals surface area contributed by atoms with Crippen LogP contribution in [0.5, 0.6) is 0 Å². The standard InChI is InChI=1S/C18H27N5O12P2/c1-30-8-31-11-3-9-2-10(11)22-7-21-17-13(16(22)19)20-6-23(17)18-15(25)14(24)12(34-18)5-33-37(28,29)35-36(26,27)32-4-9/h6-7,9-12,14-15,18-19,24-25H,2-5,8H2,1H3,(H2,26,27,28,29)/t9-,10+,11+,12+,14+,15+,18+/m0/s1. The molecule has 206 valence electrons. The van der Waals surface area contributed by atoms with Crippen molar-refractivity contribution in [3.63, 3.8) is 0 Å². The average Bonchev–Trinajstić information content (AvgIpc) is 3.51. The minimum atomic E-state index is -5.29. The number of fused-ring (bicyclic) bond motifs is 7. The van der Waals surface area contributed by atoms with Crippen molar-refractivity contribution >= 4 is 32.6 Å². The molecule has 19 heteroatoms. The number of hydrogen-bond acceptors (Lipinski definition) is 14. The maximum Gasteiger partial charge on any atom is 0.478 e. The van der Waals surface area contributed by atoms with Crippen molar-refractivity contribution in [3.8, 4) is 0 Å². The number of nitrogens with zero attached hydrogens (tertiary/aromatic N) is 4. The number of nitrogen functional groups attached to an aromatic ring is 1. The zero-order valence-corrected chi connectivity index (χ0v) is 21.3. The van der Waals surface area contributed by atoms with Gasteiger partial charge >= 0.3 is 7.82 Å². The van der Waals surface area contributed by atoms with Crippen molar-refractivity contribution in [3.05, 3.63) is 12.7 Å². The Bertz CT molecular complexity index is 1250. The SMILES string of the molecule is COCO[C@@H]1C[C@H]2COP(=O)([O-])OP(=O)(O)OC[C@H]3O[C@H]([C@H](O)[C@@H]3O)n3cnc4c(N)[n+](cnc43)[C@@H]1C2. The summed E-state index contributed by atoms with van der Waals surface area (Å²) in [6.45, 7) is -1.19. The van der Waals surface area contributed by atoms with Crippen molar-refractivity contribution in [1.29, 1.82) is 0 Å². The fraction of sp³-hybridized carbons (Fsp3) is 0.722. The lowest BCUT2D eigenvalue weighted by Gasteiger charge is -2.26. The van der Waals surface area contributed by atoms with Crippen LogP contribution in [0.15, 0.2) is 12.7 Å². The van der Waals surface area contributed by atoms with Crippen LogP contribution in [0.3, 0.4) is 0 Å². The lowest BCUT2D eigenvalue weighted by atomic mass is 10.1. The molecule has 2 fully saturated rings. The molecule has 0 amide bonds. The summed E-state index contributed by atoms with van der Waals surface area (Å²) in [5, 5.41) is 21.0. The highest BCUT2D eigenvalue weighted by molar-refractivity contribution is 7.60. The van der Waals surface area contributed by atoms with Crippen LogP contribution in [0.1, 0.15) is 25.1 Å². The minimum absolute atomic E-state index is 0.0336. The quantitative estimate of drug-likeness (QED) is 0.188. The smallest absolute Gasteiger partial charge is 0.478 e. The zero-order valence-electron chi connectivity index (χ0n) is 19.5. The second kappa shape index (κ2) is 10.2. The number of nitrogens with two attached hydrogens (primary N) is 1. The molecular formula is C18H27N5O12P2. The van der Waals surface area contributed by atoms with Gasteiger partial charge in [-0.05, 0) is 18.8 Å². The largest absolute Gasteiger partial charge is 0.756 e. The van der Waals surface area contributed by atoms with Gasteiger partial charge in [-0.1, -0.05) is 4.98 Å². The molecule has 1 aliphatic carbocycles. The zero-order chi connectivity index (χ0) is 26.5. The van der Waals surface area contributed by atoms with Gasteiger partial charge in [-0.3, -0.25) is 13.7 Å². The molecule has 1 saturated heterocycles. The van der Waals surface area contributed by atoms with E-state index in [-0.39, 0.29) is 36.3 Å². The van der Waals surface area contributed by atoms with Gasteiger partial charge in [0, 0.05) is 7.11 Å². The Morgan fingerprint density at radius 1 is 1.24 bits per heavy atom. The molecule has 9 atom stereocenters. The number of phosphoric ester groups is 2. The van der Waals surface area contributed by atoms with Gasteiger partial charge in [-0.2, -0.15) is 0 Å². The molecule has 0 radical (unpaired) electrons. The number of anilines is 1. The van der Waals surface area contributed by atoms with Crippen molar-refractivity contribution < 1.29 is 61.3 Å². The first kappa shape index (κ1) is 27.0. The van der Waals surface area contributed by atoms with E-state index in [0.29, 0.717) is 12.8 Å². The first-order chi connectivity index (χ1) is 17.5. The normalized spacial score (nSPS) is 40.8. The molecule has 8 bridgehead atoms. The molecule has 17 nitrogen and oxygen atoms in total. The van der Waals surface area contributed by atoms with Gasteiger partial charge in [0.1, 0.15) is 37.5 Å². The van der Waals surface area contributed by atoms with Crippen molar-refractivity contribution in [1.82, 2.24) is 14.5 Å². The van der Waals surface area contributed by atoms with Gasteiger partial charge in [-0.25, -0.2) is 18.4 Å². The summed E-state index contributed by atoms with van der Waals surface area (Å²) in [5.74, 6) is -0.139. The van der Waals surface area contributed by atoms with E-state index in [2.05, 4.69) is 14.3 Å². The van der Waals surface area contributed by atoms with Gasteiger partial charge in [0.25, 0.3) is 13.6 Å². The van der Waals surface area contributed by atoms with E-state index in [4.69, 9.17) is 29.0 Å². The molecule has 0 spiro atoms. The Morgan fingerprint density at radius 3 is 2.78 bits per heavy atom. The predicted octanol–water partition coefficient (Wildman–Crippen LogP) is -1.51. The first-order valence-electron chi connectivity index (χ1n) is 11.3. The lowest BCUT2D eigenvalue weighted by Crippen LogP contribution is -2.47. The molecule has 1 saturated carbocycles. The molecule has 5 N–H and O–H groups in total. The summed E-state index contributed by atoms with van der Waals surface area (Å²) in [6.07, 6.45) is -2.60. The second-order valence-corrected chi connectivity index (χ2v) is 12.0. The number of hydrogen-bond donors (Lipinski definition) is 4. The number of ether oxygens (including phenoxy) is 3. The molecule has 5 heterocycles. The number of aliphatic hydroxyl groups is 2. The highest BCUT2D eigenvalue weighted by atomic mass is 31.3. The third-order valence-corrected chi connectivity index (χ3v) is 9.17. The fourth-order valence-corrected chi connectivity index (χ4v) is 7.00. The molecule has 2 aromatic rings. The summed E-state index contributed by atoms with van der Waals surface area (Å²) in [5.41, 5.74) is 6.99. The van der Waals surface area contributed by atoms with E-state index in [1.54, 1.807) is 4.57 Å². The maximum absolute atomic E-state index is 12.3. The molecule has 4 aliphatic rings. The third-order valence-electron chi connectivity index (χ3n) is 6.60. The molecule has 3 aliphatic heterocycles. The molecule has 2 aromatic heterocycles. The van der Waals surface area contributed by atoms with E-state index >= 15 is 0 Å². The monoisotopic (exact) mass is 567 g/mol. The van der Waals surface area contributed by atoms with Crippen LogP contribution < -0.4 is 15.2 Å².